The minimum Gasteiger partial charge on any atom is -0.378 e. The second kappa shape index (κ2) is 5.22. The lowest BCUT2D eigenvalue weighted by Crippen LogP contribution is -2.55. The molecule has 1 aliphatic heterocycles. The first-order valence-electron chi connectivity index (χ1n) is 5.83. The van der Waals surface area contributed by atoms with Crippen LogP contribution in [0.25, 0.3) is 0 Å². The van der Waals surface area contributed by atoms with Gasteiger partial charge in [-0.1, -0.05) is 28.1 Å². The fraction of sp³-hybridized carbons (Fsp3) is 0.250. The molecule has 2 rings (SSSR count). The molecule has 1 unspecified atom stereocenters. The Morgan fingerprint density at radius 1 is 1.55 bits per heavy atom. The first kappa shape index (κ1) is 14.5. The summed E-state index contributed by atoms with van der Waals surface area (Å²) in [5.41, 5.74) is 13.4. The van der Waals surface area contributed by atoms with Gasteiger partial charge in [0.1, 0.15) is 0 Å². The molecule has 1 atom stereocenters. The Labute approximate surface area is 124 Å². The van der Waals surface area contributed by atoms with E-state index in [0.29, 0.717) is 6.42 Å². The van der Waals surface area contributed by atoms with Crippen molar-refractivity contribution in [2.45, 2.75) is 19.1 Å². The zero-order valence-corrected chi connectivity index (χ0v) is 12.3. The SMILES string of the molecule is Cc1c(Br)cccc1CC1(N)N=C(N)C([N+](=O)[O-])=CN1. The number of benzene rings is 1. The van der Waals surface area contributed by atoms with Crippen molar-refractivity contribution >= 4 is 21.8 Å². The smallest absolute Gasteiger partial charge is 0.326 e. The van der Waals surface area contributed by atoms with E-state index in [9.17, 15) is 10.1 Å². The summed E-state index contributed by atoms with van der Waals surface area (Å²) in [7, 11) is 0. The molecule has 0 saturated heterocycles. The third-order valence-electron chi connectivity index (χ3n) is 3.08. The molecule has 0 radical (unpaired) electrons. The number of nitrogens with two attached hydrogens (primary N) is 2. The number of aliphatic imine (C=N–C) groups is 1. The van der Waals surface area contributed by atoms with Crippen LogP contribution >= 0.6 is 15.9 Å². The fourth-order valence-corrected chi connectivity index (χ4v) is 2.35. The van der Waals surface area contributed by atoms with Crippen LogP contribution in [-0.4, -0.2) is 16.5 Å². The van der Waals surface area contributed by atoms with Crippen LogP contribution in [0.5, 0.6) is 0 Å². The largest absolute Gasteiger partial charge is 0.378 e. The molecule has 0 fully saturated rings. The first-order chi connectivity index (χ1) is 9.32. The quantitative estimate of drug-likeness (QED) is 0.560. The summed E-state index contributed by atoms with van der Waals surface area (Å²) >= 11 is 3.45. The third kappa shape index (κ3) is 2.81. The predicted molar refractivity (Wildman–Crippen MR) is 79.3 cm³/mol. The van der Waals surface area contributed by atoms with E-state index < -0.39 is 10.7 Å². The van der Waals surface area contributed by atoms with E-state index in [2.05, 4.69) is 26.2 Å². The molecular formula is C12H14BrN5O2. The molecule has 1 aromatic rings. The highest BCUT2D eigenvalue weighted by atomic mass is 79.9. The van der Waals surface area contributed by atoms with Crippen molar-refractivity contribution in [3.8, 4) is 0 Å². The molecule has 0 aliphatic carbocycles. The normalized spacial score (nSPS) is 21.8. The van der Waals surface area contributed by atoms with Crippen LogP contribution in [0.3, 0.4) is 0 Å². The van der Waals surface area contributed by atoms with E-state index in [0.717, 1.165) is 15.6 Å². The van der Waals surface area contributed by atoms with Crippen molar-refractivity contribution in [3.63, 3.8) is 0 Å². The van der Waals surface area contributed by atoms with Crippen molar-refractivity contribution in [3.05, 3.63) is 55.8 Å². The van der Waals surface area contributed by atoms with Crippen LogP contribution in [0.2, 0.25) is 0 Å². The molecule has 7 nitrogen and oxygen atoms in total. The fourth-order valence-electron chi connectivity index (χ4n) is 1.94. The summed E-state index contributed by atoms with van der Waals surface area (Å²) < 4.78 is 0.966. The van der Waals surface area contributed by atoms with Gasteiger partial charge in [-0.25, -0.2) is 4.99 Å². The lowest BCUT2D eigenvalue weighted by atomic mass is 10.0. The van der Waals surface area contributed by atoms with E-state index >= 15 is 0 Å². The Morgan fingerprint density at radius 2 is 2.25 bits per heavy atom. The van der Waals surface area contributed by atoms with Gasteiger partial charge < -0.3 is 11.1 Å². The Kier molecular flexibility index (Phi) is 3.78. The van der Waals surface area contributed by atoms with Gasteiger partial charge in [0, 0.05) is 10.9 Å². The number of nitro groups is 1. The highest BCUT2D eigenvalue weighted by molar-refractivity contribution is 9.10. The first-order valence-corrected chi connectivity index (χ1v) is 6.62. The van der Waals surface area contributed by atoms with Gasteiger partial charge >= 0.3 is 5.70 Å². The van der Waals surface area contributed by atoms with Crippen molar-refractivity contribution in [2.24, 2.45) is 16.5 Å². The summed E-state index contributed by atoms with van der Waals surface area (Å²) in [4.78, 5) is 14.1. The molecule has 1 heterocycles. The standard InChI is InChI=1S/C12H14BrN5O2/c1-7-8(3-2-4-9(7)13)5-12(15)16-6-10(18(19)20)11(14)17-12/h2-4,6,16H,5,15H2,1H3,(H2,14,17). The van der Waals surface area contributed by atoms with Gasteiger partial charge in [0.05, 0.1) is 11.1 Å². The Bertz CT molecular complexity index is 628. The monoisotopic (exact) mass is 339 g/mol. The van der Waals surface area contributed by atoms with Crippen LogP contribution in [0.1, 0.15) is 11.1 Å². The van der Waals surface area contributed by atoms with E-state index in [1.165, 1.54) is 6.20 Å². The van der Waals surface area contributed by atoms with E-state index in [4.69, 9.17) is 11.5 Å². The van der Waals surface area contributed by atoms with Crippen LogP contribution in [0, 0.1) is 17.0 Å². The summed E-state index contributed by atoms with van der Waals surface area (Å²) in [5.74, 6) is -1.36. The number of nitrogens with one attached hydrogen (secondary N) is 1. The molecule has 106 valence electrons. The molecule has 0 amide bonds. The summed E-state index contributed by atoms with van der Waals surface area (Å²) in [6, 6.07) is 5.75. The maximum atomic E-state index is 10.7. The molecule has 1 aromatic carbocycles. The second-order valence-electron chi connectivity index (χ2n) is 4.55. The zero-order valence-electron chi connectivity index (χ0n) is 10.8. The van der Waals surface area contributed by atoms with Crippen LogP contribution < -0.4 is 16.8 Å². The summed E-state index contributed by atoms with van der Waals surface area (Å²) in [6.45, 7) is 1.96. The number of hydrogen-bond donors (Lipinski definition) is 3. The van der Waals surface area contributed by atoms with Gasteiger partial charge in [-0.3, -0.25) is 15.8 Å². The number of amidine groups is 1. The predicted octanol–water partition coefficient (Wildman–Crippen LogP) is 0.991. The molecule has 8 heteroatoms. The maximum Gasteiger partial charge on any atom is 0.326 e. The molecule has 20 heavy (non-hydrogen) atoms. The van der Waals surface area contributed by atoms with E-state index in [1.54, 1.807) is 0 Å². The van der Waals surface area contributed by atoms with Crippen molar-refractivity contribution in [1.29, 1.82) is 0 Å². The van der Waals surface area contributed by atoms with Gasteiger partial charge in [0.25, 0.3) is 0 Å². The number of rotatable bonds is 3. The lowest BCUT2D eigenvalue weighted by molar-refractivity contribution is -0.416. The van der Waals surface area contributed by atoms with Crippen LogP contribution in [-0.2, 0) is 6.42 Å². The van der Waals surface area contributed by atoms with Gasteiger partial charge in [-0.15, -0.1) is 0 Å². The minimum atomic E-state index is -1.19. The molecule has 0 spiro atoms. The second-order valence-corrected chi connectivity index (χ2v) is 5.41. The van der Waals surface area contributed by atoms with Crippen molar-refractivity contribution in [2.75, 3.05) is 0 Å². The molecule has 0 bridgehead atoms. The van der Waals surface area contributed by atoms with Gasteiger partial charge in [-0.05, 0) is 24.1 Å². The molecule has 0 aromatic heterocycles. The third-order valence-corrected chi connectivity index (χ3v) is 3.94. The van der Waals surface area contributed by atoms with E-state index in [-0.39, 0.29) is 11.5 Å². The Morgan fingerprint density at radius 3 is 2.85 bits per heavy atom. The Balaban J connectivity index is 2.27. The maximum absolute atomic E-state index is 10.7. The average molecular weight is 340 g/mol. The van der Waals surface area contributed by atoms with E-state index in [1.807, 2.05) is 25.1 Å². The van der Waals surface area contributed by atoms with Gasteiger partial charge in [0.2, 0.25) is 5.84 Å². The summed E-state index contributed by atoms with van der Waals surface area (Å²) in [5, 5.41) is 13.5. The molecule has 0 saturated carbocycles. The van der Waals surface area contributed by atoms with Crippen LogP contribution in [0.4, 0.5) is 0 Å². The van der Waals surface area contributed by atoms with Crippen molar-refractivity contribution < 1.29 is 4.92 Å². The van der Waals surface area contributed by atoms with Crippen LogP contribution in [0.15, 0.2) is 39.6 Å². The van der Waals surface area contributed by atoms with Gasteiger partial charge in [-0.2, -0.15) is 0 Å². The molecule has 1 aliphatic rings. The topological polar surface area (TPSA) is 120 Å². The summed E-state index contributed by atoms with van der Waals surface area (Å²) in [6.07, 6.45) is 1.55. The number of nitrogens with zero attached hydrogens (tertiary/aromatic N) is 2. The molecular weight excluding hydrogens is 326 g/mol. The molecule has 5 N–H and O–H groups in total. The highest BCUT2D eigenvalue weighted by Gasteiger charge is 2.32. The minimum absolute atomic E-state index is 0.177. The number of hydrogen-bond acceptors (Lipinski definition) is 6. The highest BCUT2D eigenvalue weighted by Crippen LogP contribution is 2.23. The Hall–Kier alpha value is -1.93. The average Bonchev–Trinajstić information content (AvgIpc) is 2.34. The van der Waals surface area contributed by atoms with Gasteiger partial charge in [0.15, 0.2) is 5.79 Å². The number of halogens is 1. The lowest BCUT2D eigenvalue weighted by Gasteiger charge is -2.29. The van der Waals surface area contributed by atoms with Crippen molar-refractivity contribution in [1.82, 2.24) is 5.32 Å². The zero-order chi connectivity index (χ0) is 14.9.